The van der Waals surface area contributed by atoms with Gasteiger partial charge < -0.3 is 14.2 Å². The van der Waals surface area contributed by atoms with E-state index in [2.05, 4.69) is 5.32 Å². The molecule has 0 amide bonds. The van der Waals surface area contributed by atoms with E-state index in [9.17, 15) is 14.0 Å². The molecule has 0 aromatic heterocycles. The number of hydrogen-bond donors (Lipinski definition) is 1. The van der Waals surface area contributed by atoms with Crippen LogP contribution in [0.4, 0.5) is 4.39 Å². The maximum Gasteiger partial charge on any atom is 0.323 e. The van der Waals surface area contributed by atoms with Crippen LogP contribution in [0, 0.1) is 0 Å². The van der Waals surface area contributed by atoms with Crippen LogP contribution in [-0.2, 0) is 25.5 Å². The molecule has 7 heteroatoms. The number of carbonyl (C=O) groups excluding carboxylic acids is 2. The van der Waals surface area contributed by atoms with E-state index in [-0.39, 0.29) is 19.6 Å². The average molecular weight is 355 g/mol. The van der Waals surface area contributed by atoms with E-state index in [1.807, 2.05) is 0 Å². The van der Waals surface area contributed by atoms with Crippen LogP contribution in [0.1, 0.15) is 33.3 Å². The molecule has 0 aliphatic rings. The molecule has 0 radical (unpaired) electrons. The number of esters is 2. The lowest BCUT2D eigenvalue weighted by atomic mass is 10.1. The summed E-state index contributed by atoms with van der Waals surface area (Å²) in [5.74, 6) is -0.561. The first-order chi connectivity index (χ1) is 11.7. The van der Waals surface area contributed by atoms with Crippen LogP contribution < -0.4 is 10.1 Å². The Balaban J connectivity index is 2.75. The van der Waals surface area contributed by atoms with E-state index < -0.39 is 30.4 Å². The number of halogens is 1. The lowest BCUT2D eigenvalue weighted by molar-refractivity contribution is -0.154. The molecule has 0 fully saturated rings. The van der Waals surface area contributed by atoms with Gasteiger partial charge in [-0.05, 0) is 51.8 Å². The molecule has 1 N–H and O–H groups in total. The Kier molecular flexibility index (Phi) is 8.34. The second-order valence-electron chi connectivity index (χ2n) is 6.38. The van der Waals surface area contributed by atoms with Crippen molar-refractivity contribution in [2.24, 2.45) is 0 Å². The maximum atomic E-state index is 12.3. The maximum absolute atomic E-state index is 12.3. The van der Waals surface area contributed by atoms with Crippen molar-refractivity contribution in [3.8, 4) is 5.75 Å². The highest BCUT2D eigenvalue weighted by Crippen LogP contribution is 2.15. The molecular weight excluding hydrogens is 329 g/mol. The van der Waals surface area contributed by atoms with Gasteiger partial charge in [0.2, 0.25) is 6.86 Å². The number of rotatable bonds is 9. The van der Waals surface area contributed by atoms with Crippen LogP contribution in [0.5, 0.6) is 5.75 Å². The molecule has 0 bridgehead atoms. The van der Waals surface area contributed by atoms with Crippen LogP contribution in [0.25, 0.3) is 0 Å². The zero-order chi connectivity index (χ0) is 18.9. The van der Waals surface area contributed by atoms with Gasteiger partial charge >= 0.3 is 11.9 Å². The Labute approximate surface area is 147 Å². The van der Waals surface area contributed by atoms with Crippen LogP contribution in [0.2, 0.25) is 0 Å². The van der Waals surface area contributed by atoms with Crippen molar-refractivity contribution in [2.75, 3.05) is 20.0 Å². The van der Waals surface area contributed by atoms with Gasteiger partial charge in [0.25, 0.3) is 0 Å². The zero-order valence-corrected chi connectivity index (χ0v) is 15.1. The summed E-state index contributed by atoms with van der Waals surface area (Å²) in [4.78, 5) is 24.0. The van der Waals surface area contributed by atoms with Crippen LogP contribution in [-0.4, -0.2) is 43.6 Å². The molecule has 0 unspecified atom stereocenters. The van der Waals surface area contributed by atoms with E-state index in [1.54, 1.807) is 52.0 Å². The first kappa shape index (κ1) is 20.9. The molecule has 1 aromatic rings. The van der Waals surface area contributed by atoms with Crippen LogP contribution in [0.15, 0.2) is 24.3 Å². The van der Waals surface area contributed by atoms with Gasteiger partial charge in [0.15, 0.2) is 0 Å². The highest BCUT2D eigenvalue weighted by atomic mass is 19.1. The van der Waals surface area contributed by atoms with Gasteiger partial charge in [-0.15, -0.1) is 0 Å². The van der Waals surface area contributed by atoms with Crippen molar-refractivity contribution >= 4 is 11.9 Å². The number of hydrogen-bond acceptors (Lipinski definition) is 6. The second kappa shape index (κ2) is 9.98. The third kappa shape index (κ3) is 8.49. The molecule has 140 valence electrons. The number of benzene rings is 1. The lowest BCUT2D eigenvalue weighted by Crippen LogP contribution is -2.43. The first-order valence-corrected chi connectivity index (χ1v) is 8.14. The van der Waals surface area contributed by atoms with Crippen LogP contribution in [0.3, 0.4) is 0 Å². The lowest BCUT2D eigenvalue weighted by Gasteiger charge is -2.21. The minimum absolute atomic E-state index is 0.124. The van der Waals surface area contributed by atoms with Gasteiger partial charge in [-0.3, -0.25) is 14.9 Å². The number of nitrogens with one attached hydrogen (secondary N) is 1. The van der Waals surface area contributed by atoms with Crippen molar-refractivity contribution in [3.63, 3.8) is 0 Å². The number of ether oxygens (including phenoxy) is 3. The molecule has 0 spiro atoms. The van der Waals surface area contributed by atoms with E-state index >= 15 is 0 Å². The molecule has 25 heavy (non-hydrogen) atoms. The molecule has 1 rings (SSSR count). The standard InChI is InChI=1S/C18H26FNO5/c1-5-23-17(22)15(20-11-16(21)25-18(2,3)4)10-13-7-6-8-14(9-13)24-12-19/h6-9,15,20H,5,10-12H2,1-4H3/t15-/m0/s1. The molecule has 0 aliphatic carbocycles. The minimum Gasteiger partial charge on any atom is -0.465 e. The fourth-order valence-corrected chi connectivity index (χ4v) is 2.13. The highest BCUT2D eigenvalue weighted by molar-refractivity contribution is 5.78. The van der Waals surface area contributed by atoms with Crippen molar-refractivity contribution in [1.29, 1.82) is 0 Å². The predicted octanol–water partition coefficient (Wildman–Crippen LogP) is 2.40. The molecule has 1 aromatic carbocycles. The second-order valence-corrected chi connectivity index (χ2v) is 6.38. The molecule has 6 nitrogen and oxygen atoms in total. The topological polar surface area (TPSA) is 73.9 Å². The average Bonchev–Trinajstić information content (AvgIpc) is 2.50. The number of alkyl halides is 1. The summed E-state index contributed by atoms with van der Waals surface area (Å²) in [6, 6.07) is 6.02. The Morgan fingerprint density at radius 2 is 2.00 bits per heavy atom. The van der Waals surface area contributed by atoms with E-state index in [4.69, 9.17) is 14.2 Å². The van der Waals surface area contributed by atoms with Crippen molar-refractivity contribution in [1.82, 2.24) is 5.32 Å². The fourth-order valence-electron chi connectivity index (χ4n) is 2.13. The Hall–Kier alpha value is -2.15. The summed E-state index contributed by atoms with van der Waals surface area (Å²) in [5.41, 5.74) is 0.150. The van der Waals surface area contributed by atoms with Crippen LogP contribution >= 0.6 is 0 Å². The van der Waals surface area contributed by atoms with E-state index in [1.165, 1.54) is 0 Å². The molecule has 0 saturated carbocycles. The summed E-state index contributed by atoms with van der Waals surface area (Å²) in [6.45, 7) is 6.19. The molecule has 0 saturated heterocycles. The van der Waals surface area contributed by atoms with Gasteiger partial charge in [0, 0.05) is 0 Å². The van der Waals surface area contributed by atoms with Crippen molar-refractivity contribution in [3.05, 3.63) is 29.8 Å². The minimum atomic E-state index is -0.929. The molecule has 0 aliphatic heterocycles. The molecule has 1 atom stereocenters. The Morgan fingerprint density at radius 3 is 2.60 bits per heavy atom. The molecule has 0 heterocycles. The van der Waals surface area contributed by atoms with E-state index in [0.717, 1.165) is 5.56 Å². The summed E-state index contributed by atoms with van der Waals surface area (Å²) in [6.07, 6.45) is 0.269. The summed E-state index contributed by atoms with van der Waals surface area (Å²) in [7, 11) is 0. The third-order valence-corrected chi connectivity index (χ3v) is 3.04. The highest BCUT2D eigenvalue weighted by Gasteiger charge is 2.23. The van der Waals surface area contributed by atoms with Gasteiger partial charge in [-0.2, -0.15) is 0 Å². The Morgan fingerprint density at radius 1 is 1.28 bits per heavy atom. The summed E-state index contributed by atoms with van der Waals surface area (Å²) >= 11 is 0. The van der Waals surface area contributed by atoms with Gasteiger partial charge in [0.05, 0.1) is 13.2 Å². The smallest absolute Gasteiger partial charge is 0.323 e. The number of carbonyl (C=O) groups is 2. The largest absolute Gasteiger partial charge is 0.465 e. The monoisotopic (exact) mass is 355 g/mol. The van der Waals surface area contributed by atoms with Gasteiger partial charge in [-0.1, -0.05) is 12.1 Å². The summed E-state index contributed by atoms with van der Waals surface area (Å²) in [5, 5.41) is 2.86. The predicted molar refractivity (Wildman–Crippen MR) is 91.0 cm³/mol. The zero-order valence-electron chi connectivity index (χ0n) is 15.1. The molecular formula is C18H26FNO5. The van der Waals surface area contributed by atoms with Crippen molar-refractivity contribution < 1.29 is 28.2 Å². The summed E-state index contributed by atoms with van der Waals surface area (Å²) < 4.78 is 27.4. The Bertz CT molecular complexity index is 571. The fraction of sp³-hybridized carbons (Fsp3) is 0.556. The van der Waals surface area contributed by atoms with Gasteiger partial charge in [0.1, 0.15) is 17.4 Å². The first-order valence-electron chi connectivity index (χ1n) is 8.14. The third-order valence-electron chi connectivity index (χ3n) is 3.04. The SMILES string of the molecule is CCOC(=O)[C@H](Cc1cccc(OCF)c1)NCC(=O)OC(C)(C)C. The van der Waals surface area contributed by atoms with Crippen molar-refractivity contribution in [2.45, 2.75) is 45.8 Å². The van der Waals surface area contributed by atoms with E-state index in [0.29, 0.717) is 5.75 Å². The normalized spacial score (nSPS) is 12.4. The van der Waals surface area contributed by atoms with Gasteiger partial charge in [-0.25, -0.2) is 4.39 Å². The quantitative estimate of drug-likeness (QED) is 0.686.